The van der Waals surface area contributed by atoms with Gasteiger partial charge in [-0.25, -0.2) is 0 Å². The van der Waals surface area contributed by atoms with Crippen molar-refractivity contribution in [2.45, 2.75) is 6.10 Å². The predicted molar refractivity (Wildman–Crippen MR) is 69.9 cm³/mol. The van der Waals surface area contributed by atoms with E-state index in [1.165, 1.54) is 11.1 Å². The zero-order valence-electron chi connectivity index (χ0n) is 10.2. The van der Waals surface area contributed by atoms with Crippen molar-refractivity contribution in [1.82, 2.24) is 0 Å². The minimum Gasteiger partial charge on any atom is -0.633 e. The fourth-order valence-corrected chi connectivity index (χ4v) is 2.49. The van der Waals surface area contributed by atoms with Crippen LogP contribution in [0, 0.1) is 5.21 Å². The fourth-order valence-electron chi connectivity index (χ4n) is 2.49. The van der Waals surface area contributed by atoms with E-state index in [1.807, 2.05) is 24.3 Å². The Bertz CT molecular complexity index is 520. The smallest absolute Gasteiger partial charge is 0.182 e. The monoisotopic (exact) mass is 241 g/mol. The molecular weight excluding hydrogens is 226 g/mol. The van der Waals surface area contributed by atoms with E-state index in [9.17, 15) is 5.21 Å². The highest BCUT2D eigenvalue weighted by Crippen LogP contribution is 2.44. The maximum atomic E-state index is 11.1. The third kappa shape index (κ3) is 1.82. The summed E-state index contributed by atoms with van der Waals surface area (Å²) in [6.45, 7) is 0.160. The van der Waals surface area contributed by atoms with Gasteiger partial charge in [0.15, 0.2) is 6.73 Å². The molecule has 2 aromatic rings. The van der Waals surface area contributed by atoms with E-state index in [0.717, 1.165) is 11.1 Å². The third-order valence-electron chi connectivity index (χ3n) is 3.23. The largest absolute Gasteiger partial charge is 0.633 e. The molecule has 0 bridgehead atoms. The third-order valence-corrected chi connectivity index (χ3v) is 3.23. The molecule has 0 aliphatic heterocycles. The molecule has 92 valence electrons. The van der Waals surface area contributed by atoms with Crippen LogP contribution in [0.5, 0.6) is 0 Å². The molecule has 0 heterocycles. The summed E-state index contributed by atoms with van der Waals surface area (Å²) in [5.41, 5.74) is 4.73. The summed E-state index contributed by atoms with van der Waals surface area (Å²) in [5.74, 6) is 0. The van der Waals surface area contributed by atoms with E-state index in [4.69, 9.17) is 4.74 Å². The summed E-state index contributed by atoms with van der Waals surface area (Å²) >= 11 is 0. The Kier molecular flexibility index (Phi) is 2.88. The SMILES string of the molecule is C[NH+]([O-])COC1c2ccccc2-c2ccccc21. The van der Waals surface area contributed by atoms with E-state index in [0.29, 0.717) is 0 Å². The number of nitrogens with one attached hydrogen (secondary N) is 1. The molecule has 0 radical (unpaired) electrons. The lowest BCUT2D eigenvalue weighted by molar-refractivity contribution is -0.850. The number of benzene rings is 2. The number of ether oxygens (including phenoxy) is 1. The molecule has 1 aliphatic carbocycles. The van der Waals surface area contributed by atoms with Crippen molar-refractivity contribution in [3.05, 3.63) is 64.9 Å². The minimum atomic E-state index is -0.110. The second-order valence-corrected chi connectivity index (χ2v) is 4.57. The van der Waals surface area contributed by atoms with Gasteiger partial charge in [-0.05, 0) is 22.3 Å². The van der Waals surface area contributed by atoms with E-state index in [-0.39, 0.29) is 17.9 Å². The highest BCUT2D eigenvalue weighted by atomic mass is 16.6. The van der Waals surface area contributed by atoms with Crippen molar-refractivity contribution in [3.63, 3.8) is 0 Å². The number of hydrogen-bond donors (Lipinski definition) is 1. The van der Waals surface area contributed by atoms with Gasteiger partial charge in [0.2, 0.25) is 0 Å². The summed E-state index contributed by atoms with van der Waals surface area (Å²) < 4.78 is 5.77. The van der Waals surface area contributed by atoms with Crippen molar-refractivity contribution in [2.24, 2.45) is 0 Å². The Morgan fingerprint density at radius 1 is 1.00 bits per heavy atom. The lowest BCUT2D eigenvalue weighted by atomic mass is 10.1. The Hall–Kier alpha value is -1.68. The summed E-state index contributed by atoms with van der Waals surface area (Å²) in [7, 11) is 1.55. The quantitative estimate of drug-likeness (QED) is 0.656. The fraction of sp³-hybridized carbons (Fsp3) is 0.200. The van der Waals surface area contributed by atoms with Crippen molar-refractivity contribution >= 4 is 0 Å². The van der Waals surface area contributed by atoms with Crippen LogP contribution in [0.1, 0.15) is 17.2 Å². The van der Waals surface area contributed by atoms with Gasteiger partial charge in [0.1, 0.15) is 6.10 Å². The van der Waals surface area contributed by atoms with Gasteiger partial charge < -0.3 is 15.0 Å². The molecule has 0 saturated heterocycles. The summed E-state index contributed by atoms with van der Waals surface area (Å²) in [4.78, 5) is 0. The van der Waals surface area contributed by atoms with Crippen molar-refractivity contribution in [3.8, 4) is 11.1 Å². The zero-order valence-corrected chi connectivity index (χ0v) is 10.2. The Morgan fingerprint density at radius 2 is 1.50 bits per heavy atom. The van der Waals surface area contributed by atoms with Gasteiger partial charge in [0.25, 0.3) is 0 Å². The molecular formula is C15H15NO2. The molecule has 1 aliphatic rings. The number of quaternary nitrogens is 1. The summed E-state index contributed by atoms with van der Waals surface area (Å²) in [6.07, 6.45) is -0.110. The van der Waals surface area contributed by atoms with Gasteiger partial charge in [-0.15, -0.1) is 0 Å². The van der Waals surface area contributed by atoms with E-state index < -0.39 is 0 Å². The Labute approximate surface area is 106 Å². The van der Waals surface area contributed by atoms with Crippen LogP contribution in [0.3, 0.4) is 0 Å². The van der Waals surface area contributed by atoms with Crippen LogP contribution in [0.25, 0.3) is 11.1 Å². The van der Waals surface area contributed by atoms with Gasteiger partial charge >= 0.3 is 0 Å². The molecule has 0 amide bonds. The van der Waals surface area contributed by atoms with Crippen LogP contribution in [-0.2, 0) is 4.74 Å². The second-order valence-electron chi connectivity index (χ2n) is 4.57. The number of fused-ring (bicyclic) bond motifs is 3. The molecule has 0 saturated carbocycles. The van der Waals surface area contributed by atoms with E-state index in [1.54, 1.807) is 7.05 Å². The molecule has 3 rings (SSSR count). The highest BCUT2D eigenvalue weighted by molar-refractivity contribution is 5.77. The van der Waals surface area contributed by atoms with Crippen molar-refractivity contribution in [1.29, 1.82) is 0 Å². The topological polar surface area (TPSA) is 36.7 Å². The van der Waals surface area contributed by atoms with Crippen LogP contribution in [-0.4, -0.2) is 13.8 Å². The van der Waals surface area contributed by atoms with Crippen LogP contribution < -0.4 is 5.06 Å². The Balaban J connectivity index is 2.03. The molecule has 0 fully saturated rings. The first-order valence-corrected chi connectivity index (χ1v) is 6.06. The number of rotatable bonds is 3. The van der Waals surface area contributed by atoms with Gasteiger partial charge in [-0.2, -0.15) is 0 Å². The van der Waals surface area contributed by atoms with Crippen molar-refractivity contribution < 1.29 is 9.80 Å². The van der Waals surface area contributed by atoms with Gasteiger partial charge in [0.05, 0.1) is 7.05 Å². The molecule has 3 heteroatoms. The number of hydroxylamine groups is 2. The first-order valence-electron chi connectivity index (χ1n) is 6.06. The predicted octanol–water partition coefficient (Wildman–Crippen LogP) is 1.74. The molecule has 1 N–H and O–H groups in total. The Morgan fingerprint density at radius 3 is 2.00 bits per heavy atom. The average molecular weight is 241 g/mol. The first-order chi connectivity index (χ1) is 8.77. The molecule has 1 unspecified atom stereocenters. The van der Waals surface area contributed by atoms with Gasteiger partial charge in [0, 0.05) is 0 Å². The van der Waals surface area contributed by atoms with Gasteiger partial charge in [-0.1, -0.05) is 48.5 Å². The van der Waals surface area contributed by atoms with Crippen LogP contribution in [0.2, 0.25) is 0 Å². The minimum absolute atomic E-state index is 0.0527. The second kappa shape index (κ2) is 4.53. The lowest BCUT2D eigenvalue weighted by Gasteiger charge is -2.20. The summed E-state index contributed by atoms with van der Waals surface area (Å²) in [6, 6.07) is 16.4. The van der Waals surface area contributed by atoms with Gasteiger partial charge in [-0.3, -0.25) is 0 Å². The molecule has 18 heavy (non-hydrogen) atoms. The molecule has 0 aromatic heterocycles. The van der Waals surface area contributed by atoms with E-state index >= 15 is 0 Å². The zero-order chi connectivity index (χ0) is 12.5. The normalized spacial score (nSPS) is 15.2. The van der Waals surface area contributed by atoms with E-state index in [2.05, 4.69) is 24.3 Å². The van der Waals surface area contributed by atoms with Crippen LogP contribution >= 0.6 is 0 Å². The maximum Gasteiger partial charge on any atom is 0.182 e. The molecule has 2 aromatic carbocycles. The number of hydrogen-bond acceptors (Lipinski definition) is 2. The standard InChI is InChI=1S/C15H15NO2/c1-16(17)10-18-15-13-8-4-2-6-11(13)12-7-3-5-9-14(12)15/h2-9,15-16H,10H2,1H3. The van der Waals surface area contributed by atoms with Crippen LogP contribution in [0.15, 0.2) is 48.5 Å². The molecule has 3 nitrogen and oxygen atoms in total. The summed E-state index contributed by atoms with van der Waals surface area (Å²) in [5, 5.41) is 11.2. The lowest BCUT2D eigenvalue weighted by Crippen LogP contribution is -3.04. The van der Waals surface area contributed by atoms with Crippen LogP contribution in [0.4, 0.5) is 0 Å². The highest BCUT2D eigenvalue weighted by Gasteiger charge is 2.28. The first kappa shape index (κ1) is 11.4. The molecule has 1 atom stereocenters. The maximum absolute atomic E-state index is 11.1. The molecule has 0 spiro atoms. The van der Waals surface area contributed by atoms with Crippen molar-refractivity contribution in [2.75, 3.05) is 13.8 Å². The average Bonchev–Trinajstić information content (AvgIpc) is 2.71.